The summed E-state index contributed by atoms with van der Waals surface area (Å²) in [6.07, 6.45) is 0. The molecular weight excluding hydrogens is 236 g/mol. The fourth-order valence-corrected chi connectivity index (χ4v) is 1.91. The van der Waals surface area contributed by atoms with Crippen LogP contribution in [0.1, 0.15) is 22.8 Å². The van der Waals surface area contributed by atoms with Crippen molar-refractivity contribution in [3.63, 3.8) is 0 Å². The summed E-state index contributed by atoms with van der Waals surface area (Å²) in [4.78, 5) is 12.3. The first-order chi connectivity index (χ1) is 9.20. The Bertz CT molecular complexity index is 564. The molecule has 0 bridgehead atoms. The van der Waals surface area contributed by atoms with Crippen LogP contribution in [-0.4, -0.2) is 12.5 Å². The van der Waals surface area contributed by atoms with Gasteiger partial charge in [0, 0.05) is 17.9 Å². The van der Waals surface area contributed by atoms with Crippen LogP contribution in [0.5, 0.6) is 0 Å². The van der Waals surface area contributed by atoms with Gasteiger partial charge in [-0.1, -0.05) is 29.8 Å². The minimum atomic E-state index is -0.0918. The van der Waals surface area contributed by atoms with Gasteiger partial charge < -0.3 is 10.6 Å². The lowest BCUT2D eigenvalue weighted by Gasteiger charge is -2.12. The fraction of sp³-hybridized carbons (Fsp3) is 0.188. The van der Waals surface area contributed by atoms with Crippen LogP contribution in [0.25, 0.3) is 0 Å². The molecule has 98 valence electrons. The summed E-state index contributed by atoms with van der Waals surface area (Å²) in [6.45, 7) is 4.78. The predicted molar refractivity (Wildman–Crippen MR) is 79.7 cm³/mol. The van der Waals surface area contributed by atoms with Crippen LogP contribution in [0.15, 0.2) is 48.5 Å². The highest BCUT2D eigenvalue weighted by atomic mass is 16.1. The van der Waals surface area contributed by atoms with Crippen LogP contribution in [-0.2, 0) is 0 Å². The van der Waals surface area contributed by atoms with Gasteiger partial charge in [0.05, 0.1) is 5.56 Å². The fourth-order valence-electron chi connectivity index (χ4n) is 1.91. The van der Waals surface area contributed by atoms with E-state index < -0.39 is 0 Å². The minimum absolute atomic E-state index is 0.0918. The summed E-state index contributed by atoms with van der Waals surface area (Å²) >= 11 is 0. The average molecular weight is 254 g/mol. The summed E-state index contributed by atoms with van der Waals surface area (Å²) in [5.41, 5.74) is 3.41. The molecule has 0 unspecified atom stereocenters. The van der Waals surface area contributed by atoms with Crippen molar-refractivity contribution in [1.82, 2.24) is 0 Å². The van der Waals surface area contributed by atoms with Crippen molar-refractivity contribution in [1.29, 1.82) is 0 Å². The van der Waals surface area contributed by atoms with Crippen LogP contribution in [0.3, 0.4) is 0 Å². The Morgan fingerprint density at radius 3 is 2.53 bits per heavy atom. The summed E-state index contributed by atoms with van der Waals surface area (Å²) in [6, 6.07) is 15.3. The van der Waals surface area contributed by atoms with Gasteiger partial charge in [0.1, 0.15) is 0 Å². The summed E-state index contributed by atoms with van der Waals surface area (Å²) in [5, 5.41) is 6.11. The lowest BCUT2D eigenvalue weighted by molar-refractivity contribution is 0.102. The SMILES string of the molecule is CCNc1ccc(C)cc1C(=O)Nc1ccccc1. The van der Waals surface area contributed by atoms with Crippen LogP contribution in [0, 0.1) is 6.92 Å². The van der Waals surface area contributed by atoms with Crippen LogP contribution < -0.4 is 10.6 Å². The standard InChI is InChI=1S/C16H18N2O/c1-3-17-15-10-9-12(2)11-14(15)16(19)18-13-7-5-4-6-8-13/h4-11,17H,3H2,1-2H3,(H,18,19). The molecule has 0 fully saturated rings. The van der Waals surface area contributed by atoms with Gasteiger partial charge in [-0.2, -0.15) is 0 Å². The highest BCUT2D eigenvalue weighted by molar-refractivity contribution is 6.08. The lowest BCUT2D eigenvalue weighted by Crippen LogP contribution is -2.15. The number of nitrogens with one attached hydrogen (secondary N) is 2. The molecule has 0 aliphatic carbocycles. The Kier molecular flexibility index (Phi) is 4.18. The summed E-state index contributed by atoms with van der Waals surface area (Å²) in [7, 11) is 0. The van der Waals surface area contributed by atoms with Gasteiger partial charge in [0.2, 0.25) is 0 Å². The first kappa shape index (κ1) is 13.1. The van der Waals surface area contributed by atoms with Crippen molar-refractivity contribution in [3.8, 4) is 0 Å². The third kappa shape index (κ3) is 3.35. The number of aryl methyl sites for hydroxylation is 1. The number of amides is 1. The van der Waals surface area contributed by atoms with Crippen LogP contribution in [0.2, 0.25) is 0 Å². The molecule has 2 N–H and O–H groups in total. The first-order valence-corrected chi connectivity index (χ1v) is 6.41. The predicted octanol–water partition coefficient (Wildman–Crippen LogP) is 3.68. The molecule has 2 rings (SSSR count). The van der Waals surface area contributed by atoms with E-state index in [9.17, 15) is 4.79 Å². The van der Waals surface area contributed by atoms with E-state index in [4.69, 9.17) is 0 Å². The molecule has 0 aromatic heterocycles. The Morgan fingerprint density at radius 1 is 1.11 bits per heavy atom. The number of anilines is 2. The number of hydrogen-bond acceptors (Lipinski definition) is 2. The van der Waals surface area contributed by atoms with Gasteiger partial charge in [-0.3, -0.25) is 4.79 Å². The van der Waals surface area contributed by atoms with E-state index in [0.717, 1.165) is 23.5 Å². The molecule has 2 aromatic rings. The highest BCUT2D eigenvalue weighted by Crippen LogP contribution is 2.19. The molecule has 2 aromatic carbocycles. The summed E-state index contributed by atoms with van der Waals surface area (Å²) < 4.78 is 0. The van der Waals surface area contributed by atoms with Crippen LogP contribution >= 0.6 is 0 Å². The number of para-hydroxylation sites is 1. The molecule has 0 spiro atoms. The molecule has 1 amide bonds. The highest BCUT2D eigenvalue weighted by Gasteiger charge is 2.11. The number of carbonyl (C=O) groups is 1. The second-order valence-corrected chi connectivity index (χ2v) is 4.40. The molecule has 3 nitrogen and oxygen atoms in total. The van der Waals surface area contributed by atoms with E-state index in [0.29, 0.717) is 5.56 Å². The van der Waals surface area contributed by atoms with Crippen molar-refractivity contribution in [3.05, 3.63) is 59.7 Å². The number of hydrogen-bond donors (Lipinski definition) is 2. The number of benzene rings is 2. The van der Waals surface area contributed by atoms with Crippen molar-refractivity contribution < 1.29 is 4.79 Å². The van der Waals surface area contributed by atoms with Crippen LogP contribution in [0.4, 0.5) is 11.4 Å². The molecule has 0 saturated carbocycles. The topological polar surface area (TPSA) is 41.1 Å². The molecule has 0 radical (unpaired) electrons. The van der Waals surface area contributed by atoms with E-state index in [1.165, 1.54) is 0 Å². The first-order valence-electron chi connectivity index (χ1n) is 6.41. The maximum atomic E-state index is 12.3. The zero-order chi connectivity index (χ0) is 13.7. The second kappa shape index (κ2) is 6.05. The van der Waals surface area contributed by atoms with E-state index in [1.54, 1.807) is 0 Å². The third-order valence-electron chi connectivity index (χ3n) is 2.82. The Labute approximate surface area is 113 Å². The molecule has 0 aliphatic heterocycles. The molecular formula is C16H18N2O. The van der Waals surface area contributed by atoms with Gasteiger partial charge in [-0.05, 0) is 38.1 Å². The molecule has 0 atom stereocenters. The monoisotopic (exact) mass is 254 g/mol. The average Bonchev–Trinajstić information content (AvgIpc) is 2.42. The Morgan fingerprint density at radius 2 is 1.84 bits per heavy atom. The second-order valence-electron chi connectivity index (χ2n) is 4.40. The van der Waals surface area contributed by atoms with Gasteiger partial charge in [0.15, 0.2) is 0 Å². The molecule has 19 heavy (non-hydrogen) atoms. The van der Waals surface area contributed by atoms with Gasteiger partial charge in [0.25, 0.3) is 5.91 Å². The van der Waals surface area contributed by atoms with Crippen molar-refractivity contribution >= 4 is 17.3 Å². The maximum absolute atomic E-state index is 12.3. The van der Waals surface area contributed by atoms with Gasteiger partial charge >= 0.3 is 0 Å². The van der Waals surface area contributed by atoms with Crippen molar-refractivity contribution in [2.75, 3.05) is 17.2 Å². The van der Waals surface area contributed by atoms with Crippen molar-refractivity contribution in [2.24, 2.45) is 0 Å². The van der Waals surface area contributed by atoms with E-state index in [2.05, 4.69) is 10.6 Å². The van der Waals surface area contributed by atoms with E-state index in [1.807, 2.05) is 62.4 Å². The van der Waals surface area contributed by atoms with Gasteiger partial charge in [-0.15, -0.1) is 0 Å². The molecule has 0 aliphatic rings. The number of rotatable bonds is 4. The largest absolute Gasteiger partial charge is 0.385 e. The Balaban J connectivity index is 2.25. The van der Waals surface area contributed by atoms with Gasteiger partial charge in [-0.25, -0.2) is 0 Å². The maximum Gasteiger partial charge on any atom is 0.257 e. The smallest absolute Gasteiger partial charge is 0.257 e. The van der Waals surface area contributed by atoms with E-state index >= 15 is 0 Å². The zero-order valence-electron chi connectivity index (χ0n) is 11.2. The summed E-state index contributed by atoms with van der Waals surface area (Å²) in [5.74, 6) is -0.0918. The third-order valence-corrected chi connectivity index (χ3v) is 2.82. The lowest BCUT2D eigenvalue weighted by atomic mass is 10.1. The molecule has 3 heteroatoms. The zero-order valence-corrected chi connectivity index (χ0v) is 11.2. The minimum Gasteiger partial charge on any atom is -0.385 e. The Hall–Kier alpha value is -2.29. The van der Waals surface area contributed by atoms with Crippen molar-refractivity contribution in [2.45, 2.75) is 13.8 Å². The number of carbonyl (C=O) groups excluding carboxylic acids is 1. The quantitative estimate of drug-likeness (QED) is 0.873. The molecule has 0 saturated heterocycles. The van der Waals surface area contributed by atoms with E-state index in [-0.39, 0.29) is 5.91 Å². The normalized spacial score (nSPS) is 10.0. The molecule has 0 heterocycles.